The summed E-state index contributed by atoms with van der Waals surface area (Å²) in [4.78, 5) is 13.4. The van der Waals surface area contributed by atoms with E-state index in [1.807, 2.05) is 18.2 Å². The van der Waals surface area contributed by atoms with Gasteiger partial charge in [0.05, 0.1) is 18.8 Å². The van der Waals surface area contributed by atoms with E-state index in [1.165, 1.54) is 12.1 Å². The van der Waals surface area contributed by atoms with Crippen molar-refractivity contribution >= 4 is 5.95 Å². The first-order valence-corrected chi connectivity index (χ1v) is 8.85. The van der Waals surface area contributed by atoms with Crippen molar-refractivity contribution in [2.75, 3.05) is 37.7 Å². The number of benzene rings is 1. The van der Waals surface area contributed by atoms with Crippen LogP contribution in [0.25, 0.3) is 0 Å². The molecule has 25 heavy (non-hydrogen) atoms. The summed E-state index contributed by atoms with van der Waals surface area (Å²) in [5, 5.41) is 0. The van der Waals surface area contributed by atoms with Gasteiger partial charge in [0.25, 0.3) is 0 Å². The summed E-state index contributed by atoms with van der Waals surface area (Å²) in [5.41, 5.74) is 0.966. The molecule has 2 aliphatic rings. The zero-order chi connectivity index (χ0) is 17.1. The van der Waals surface area contributed by atoms with Crippen molar-refractivity contribution in [2.24, 2.45) is 0 Å². The zero-order valence-corrected chi connectivity index (χ0v) is 14.3. The van der Waals surface area contributed by atoms with Crippen LogP contribution >= 0.6 is 0 Å². The van der Waals surface area contributed by atoms with Crippen LogP contribution in [-0.4, -0.2) is 53.3 Å². The van der Waals surface area contributed by atoms with E-state index < -0.39 is 0 Å². The van der Waals surface area contributed by atoms with Crippen molar-refractivity contribution in [2.45, 2.75) is 25.0 Å². The van der Waals surface area contributed by atoms with Crippen LogP contribution in [0.4, 0.5) is 10.3 Å². The number of nitrogens with zero attached hydrogens (tertiary/aromatic N) is 4. The Bertz CT molecular complexity index is 692. The van der Waals surface area contributed by atoms with Gasteiger partial charge in [0, 0.05) is 38.6 Å². The number of morpholine rings is 1. The number of halogens is 1. The molecule has 2 aromatic rings. The molecule has 1 atom stereocenters. The molecule has 1 aromatic heterocycles. The summed E-state index contributed by atoms with van der Waals surface area (Å²) >= 11 is 0. The molecule has 0 radical (unpaired) electrons. The fourth-order valence-corrected chi connectivity index (χ4v) is 3.88. The Morgan fingerprint density at radius 1 is 1.08 bits per heavy atom. The summed E-state index contributed by atoms with van der Waals surface area (Å²) in [6.07, 6.45) is 5.69. The van der Waals surface area contributed by atoms with E-state index in [-0.39, 0.29) is 11.4 Å². The molecule has 2 saturated heterocycles. The summed E-state index contributed by atoms with van der Waals surface area (Å²) in [5.74, 6) is 0.591. The molecule has 6 heteroatoms. The van der Waals surface area contributed by atoms with Crippen LogP contribution in [0.2, 0.25) is 0 Å². The highest BCUT2D eigenvalue weighted by molar-refractivity contribution is 5.31. The van der Waals surface area contributed by atoms with Crippen LogP contribution < -0.4 is 4.90 Å². The highest BCUT2D eigenvalue weighted by atomic mass is 19.1. The van der Waals surface area contributed by atoms with E-state index in [2.05, 4.69) is 19.8 Å². The molecule has 1 spiro atoms. The summed E-state index contributed by atoms with van der Waals surface area (Å²) in [6.45, 7) is 5.12. The minimum atomic E-state index is -0.187. The summed E-state index contributed by atoms with van der Waals surface area (Å²) < 4.78 is 19.4. The Morgan fingerprint density at radius 2 is 1.88 bits per heavy atom. The lowest BCUT2D eigenvalue weighted by molar-refractivity contribution is -0.116. The second kappa shape index (κ2) is 7.06. The van der Waals surface area contributed by atoms with Gasteiger partial charge in [0.2, 0.25) is 5.95 Å². The molecule has 3 heterocycles. The first-order chi connectivity index (χ1) is 12.2. The van der Waals surface area contributed by atoms with Crippen LogP contribution in [0.3, 0.4) is 0 Å². The van der Waals surface area contributed by atoms with Gasteiger partial charge in [-0.1, -0.05) is 12.1 Å². The second-order valence-corrected chi connectivity index (χ2v) is 6.94. The average molecular weight is 342 g/mol. The first-order valence-electron chi connectivity index (χ1n) is 8.85. The normalized spacial score (nSPS) is 24.6. The number of hydrogen-bond acceptors (Lipinski definition) is 5. The lowest BCUT2D eigenvalue weighted by Crippen LogP contribution is -2.59. The van der Waals surface area contributed by atoms with Crippen molar-refractivity contribution in [1.82, 2.24) is 14.9 Å². The number of anilines is 1. The Hall–Kier alpha value is -2.05. The molecule has 0 saturated carbocycles. The monoisotopic (exact) mass is 342 g/mol. The third-order valence-electron chi connectivity index (χ3n) is 5.02. The SMILES string of the molecule is Fc1ccc(CN2CCOC3(CCCN(c4ncccn4)C3)C2)cc1. The minimum absolute atomic E-state index is 0.171. The highest BCUT2D eigenvalue weighted by Crippen LogP contribution is 2.31. The summed E-state index contributed by atoms with van der Waals surface area (Å²) in [7, 11) is 0. The Morgan fingerprint density at radius 3 is 2.68 bits per heavy atom. The number of ether oxygens (including phenoxy) is 1. The van der Waals surface area contributed by atoms with Crippen molar-refractivity contribution in [1.29, 1.82) is 0 Å². The van der Waals surface area contributed by atoms with Gasteiger partial charge in [0.1, 0.15) is 5.82 Å². The summed E-state index contributed by atoms with van der Waals surface area (Å²) in [6, 6.07) is 8.62. The molecule has 2 fully saturated rings. The molecule has 1 unspecified atom stereocenters. The largest absolute Gasteiger partial charge is 0.370 e. The van der Waals surface area contributed by atoms with E-state index in [0.29, 0.717) is 0 Å². The van der Waals surface area contributed by atoms with Gasteiger partial charge in [-0.05, 0) is 36.6 Å². The van der Waals surface area contributed by atoms with Crippen LogP contribution in [0, 0.1) is 5.82 Å². The highest BCUT2D eigenvalue weighted by Gasteiger charge is 2.41. The van der Waals surface area contributed by atoms with E-state index in [0.717, 1.165) is 63.7 Å². The molecule has 4 rings (SSSR count). The van der Waals surface area contributed by atoms with Gasteiger partial charge >= 0.3 is 0 Å². The lowest BCUT2D eigenvalue weighted by atomic mass is 9.90. The number of rotatable bonds is 3. The molecule has 132 valence electrons. The lowest BCUT2D eigenvalue weighted by Gasteiger charge is -2.48. The predicted molar refractivity (Wildman–Crippen MR) is 93.8 cm³/mol. The first kappa shape index (κ1) is 16.4. The fraction of sp³-hybridized carbons (Fsp3) is 0.474. The molecule has 1 aromatic carbocycles. The van der Waals surface area contributed by atoms with Crippen molar-refractivity contribution in [3.8, 4) is 0 Å². The molecule has 5 nitrogen and oxygen atoms in total. The van der Waals surface area contributed by atoms with Gasteiger partial charge in [-0.15, -0.1) is 0 Å². The molecule has 0 bridgehead atoms. The standard InChI is InChI=1S/C19H23FN4O/c20-17-5-3-16(4-6-17)13-23-11-12-25-19(14-23)7-1-10-24(15-19)18-21-8-2-9-22-18/h2-6,8-9H,1,7,10-15H2. The third kappa shape index (κ3) is 3.80. The molecule has 0 N–H and O–H groups in total. The van der Waals surface area contributed by atoms with Gasteiger partial charge in [0.15, 0.2) is 0 Å². The van der Waals surface area contributed by atoms with Crippen molar-refractivity contribution in [3.63, 3.8) is 0 Å². The van der Waals surface area contributed by atoms with E-state index in [1.54, 1.807) is 12.4 Å². The van der Waals surface area contributed by atoms with Crippen molar-refractivity contribution < 1.29 is 9.13 Å². The van der Waals surface area contributed by atoms with Gasteiger partial charge < -0.3 is 9.64 Å². The predicted octanol–water partition coefficient (Wildman–Crippen LogP) is 2.49. The topological polar surface area (TPSA) is 41.5 Å². The number of piperidine rings is 1. The van der Waals surface area contributed by atoms with E-state index in [4.69, 9.17) is 4.74 Å². The molecule has 2 aliphatic heterocycles. The maximum absolute atomic E-state index is 13.1. The minimum Gasteiger partial charge on any atom is -0.370 e. The number of hydrogen-bond donors (Lipinski definition) is 0. The van der Waals surface area contributed by atoms with Crippen LogP contribution in [0.5, 0.6) is 0 Å². The van der Waals surface area contributed by atoms with Crippen LogP contribution in [0.1, 0.15) is 18.4 Å². The fourth-order valence-electron chi connectivity index (χ4n) is 3.88. The molecule has 0 aliphatic carbocycles. The quantitative estimate of drug-likeness (QED) is 0.857. The number of aromatic nitrogens is 2. The molecular formula is C19H23FN4O. The Balaban J connectivity index is 1.45. The maximum Gasteiger partial charge on any atom is 0.225 e. The zero-order valence-electron chi connectivity index (χ0n) is 14.3. The van der Waals surface area contributed by atoms with Crippen LogP contribution in [0.15, 0.2) is 42.7 Å². The second-order valence-electron chi connectivity index (χ2n) is 6.94. The van der Waals surface area contributed by atoms with Crippen molar-refractivity contribution in [3.05, 3.63) is 54.1 Å². The molecule has 0 amide bonds. The van der Waals surface area contributed by atoms with E-state index >= 15 is 0 Å². The van der Waals surface area contributed by atoms with E-state index in [9.17, 15) is 4.39 Å². The van der Waals surface area contributed by atoms with Crippen LogP contribution in [-0.2, 0) is 11.3 Å². The Kier molecular flexibility index (Phi) is 4.63. The average Bonchev–Trinajstić information content (AvgIpc) is 2.65. The van der Waals surface area contributed by atoms with Gasteiger partial charge in [-0.25, -0.2) is 14.4 Å². The van der Waals surface area contributed by atoms with Gasteiger partial charge in [-0.2, -0.15) is 0 Å². The molecular weight excluding hydrogens is 319 g/mol. The van der Waals surface area contributed by atoms with Gasteiger partial charge in [-0.3, -0.25) is 4.90 Å². The third-order valence-corrected chi connectivity index (χ3v) is 5.02. The Labute approximate surface area is 147 Å². The smallest absolute Gasteiger partial charge is 0.225 e. The maximum atomic E-state index is 13.1.